The zero-order valence-electron chi connectivity index (χ0n) is 11.1. The van der Waals surface area contributed by atoms with Gasteiger partial charge in [-0.25, -0.2) is 0 Å². The summed E-state index contributed by atoms with van der Waals surface area (Å²) in [6.07, 6.45) is 2.10. The summed E-state index contributed by atoms with van der Waals surface area (Å²) in [5, 5.41) is 0.295. The molecule has 0 aliphatic carbocycles. The highest BCUT2D eigenvalue weighted by atomic mass is 35.5. The van der Waals surface area contributed by atoms with E-state index in [1.165, 1.54) is 0 Å². The van der Waals surface area contributed by atoms with Gasteiger partial charge in [0, 0.05) is 18.1 Å². The lowest BCUT2D eigenvalue weighted by Crippen LogP contribution is -2.21. The second-order valence-corrected chi connectivity index (χ2v) is 5.43. The number of ether oxygens (including phenoxy) is 3. The summed E-state index contributed by atoms with van der Waals surface area (Å²) >= 11 is 12.8. The zero-order chi connectivity index (χ0) is 13.8. The van der Waals surface area contributed by atoms with Crippen LogP contribution < -0.4 is 9.47 Å². The molecule has 1 fully saturated rings. The first-order chi connectivity index (χ1) is 9.19. The Morgan fingerprint density at radius 3 is 2.68 bits per heavy atom. The van der Waals surface area contributed by atoms with Gasteiger partial charge in [0.15, 0.2) is 0 Å². The molecule has 2 rings (SSSR count). The molecule has 19 heavy (non-hydrogen) atoms. The third-order valence-electron chi connectivity index (χ3n) is 3.42. The Bertz CT molecular complexity index is 431. The second-order valence-electron chi connectivity index (χ2n) is 4.58. The zero-order valence-corrected chi connectivity index (χ0v) is 12.6. The number of benzene rings is 1. The summed E-state index contributed by atoms with van der Waals surface area (Å²) < 4.78 is 16.1. The number of rotatable bonds is 4. The molecule has 1 aliphatic rings. The van der Waals surface area contributed by atoms with Crippen LogP contribution in [-0.2, 0) is 4.74 Å². The molecule has 106 valence electrons. The molecule has 1 aliphatic heterocycles. The van der Waals surface area contributed by atoms with Crippen molar-refractivity contribution in [2.24, 2.45) is 5.92 Å². The van der Waals surface area contributed by atoms with Crippen molar-refractivity contribution in [3.05, 3.63) is 22.7 Å². The smallest absolute Gasteiger partial charge is 0.145 e. The van der Waals surface area contributed by atoms with Gasteiger partial charge in [-0.15, -0.1) is 11.6 Å². The standard InChI is InChI=1S/C14H18Cl2O3/c1-17-11-6-5-10(14(18-2)13(11)16)12(15)9-4-3-7-19-8-9/h5-6,9,12H,3-4,7-8H2,1-2H3. The maximum atomic E-state index is 6.58. The molecule has 2 atom stereocenters. The molecule has 1 aromatic rings. The molecule has 0 amide bonds. The largest absolute Gasteiger partial charge is 0.495 e. The van der Waals surface area contributed by atoms with Gasteiger partial charge < -0.3 is 14.2 Å². The van der Waals surface area contributed by atoms with Gasteiger partial charge in [0.2, 0.25) is 0 Å². The molecule has 5 heteroatoms. The van der Waals surface area contributed by atoms with E-state index in [2.05, 4.69) is 0 Å². The predicted molar refractivity (Wildman–Crippen MR) is 76.7 cm³/mol. The van der Waals surface area contributed by atoms with Crippen LogP contribution in [0.4, 0.5) is 0 Å². The van der Waals surface area contributed by atoms with Crippen molar-refractivity contribution in [1.82, 2.24) is 0 Å². The fourth-order valence-electron chi connectivity index (χ4n) is 2.39. The van der Waals surface area contributed by atoms with E-state index in [0.717, 1.165) is 25.0 Å². The molecule has 2 unspecified atom stereocenters. The summed E-state index contributed by atoms with van der Waals surface area (Å²) in [7, 11) is 3.17. The van der Waals surface area contributed by atoms with Gasteiger partial charge in [-0.3, -0.25) is 0 Å². The van der Waals surface area contributed by atoms with E-state index in [-0.39, 0.29) is 11.3 Å². The van der Waals surface area contributed by atoms with Gasteiger partial charge in [-0.2, -0.15) is 0 Å². The van der Waals surface area contributed by atoms with E-state index in [9.17, 15) is 0 Å². The Morgan fingerprint density at radius 1 is 1.32 bits per heavy atom. The van der Waals surface area contributed by atoms with Crippen LogP contribution in [0.5, 0.6) is 11.5 Å². The number of alkyl halides is 1. The monoisotopic (exact) mass is 304 g/mol. The van der Waals surface area contributed by atoms with E-state index >= 15 is 0 Å². The second kappa shape index (κ2) is 6.69. The van der Waals surface area contributed by atoms with Crippen molar-refractivity contribution in [1.29, 1.82) is 0 Å². The van der Waals surface area contributed by atoms with Crippen molar-refractivity contribution in [2.75, 3.05) is 27.4 Å². The summed E-state index contributed by atoms with van der Waals surface area (Å²) in [5.41, 5.74) is 0.894. The summed E-state index contributed by atoms with van der Waals surface area (Å²) in [5.74, 6) is 1.46. The average Bonchev–Trinajstić information content (AvgIpc) is 2.47. The van der Waals surface area contributed by atoms with Crippen molar-refractivity contribution >= 4 is 23.2 Å². The lowest BCUT2D eigenvalue weighted by atomic mass is 9.93. The molecule has 3 nitrogen and oxygen atoms in total. The van der Waals surface area contributed by atoms with Gasteiger partial charge in [-0.1, -0.05) is 17.7 Å². The number of methoxy groups -OCH3 is 2. The Balaban J connectivity index is 2.30. The maximum absolute atomic E-state index is 6.58. The highest BCUT2D eigenvalue weighted by Crippen LogP contribution is 2.44. The van der Waals surface area contributed by atoms with Crippen molar-refractivity contribution in [2.45, 2.75) is 18.2 Å². The molecule has 1 heterocycles. The van der Waals surface area contributed by atoms with Crippen LogP contribution in [0.25, 0.3) is 0 Å². The van der Waals surface area contributed by atoms with E-state index < -0.39 is 0 Å². The molecule has 0 saturated carbocycles. The van der Waals surface area contributed by atoms with Crippen LogP contribution in [0.3, 0.4) is 0 Å². The van der Waals surface area contributed by atoms with Crippen LogP contribution in [0.1, 0.15) is 23.8 Å². The fraction of sp³-hybridized carbons (Fsp3) is 0.571. The quantitative estimate of drug-likeness (QED) is 0.785. The number of hydrogen-bond donors (Lipinski definition) is 0. The normalized spacial score (nSPS) is 20.9. The van der Waals surface area contributed by atoms with Crippen LogP contribution >= 0.6 is 23.2 Å². The van der Waals surface area contributed by atoms with E-state index in [0.29, 0.717) is 23.1 Å². The Morgan fingerprint density at radius 2 is 2.11 bits per heavy atom. The molecule has 0 spiro atoms. The minimum Gasteiger partial charge on any atom is -0.495 e. The molecule has 0 radical (unpaired) electrons. The van der Waals surface area contributed by atoms with Gasteiger partial charge in [0.1, 0.15) is 16.5 Å². The minimum absolute atomic E-state index is 0.168. The molecule has 0 bridgehead atoms. The number of hydrogen-bond acceptors (Lipinski definition) is 3. The molecule has 1 saturated heterocycles. The molecular weight excluding hydrogens is 287 g/mol. The molecule has 0 aromatic heterocycles. The first-order valence-electron chi connectivity index (χ1n) is 6.31. The Hall–Kier alpha value is -0.640. The van der Waals surface area contributed by atoms with Crippen molar-refractivity contribution in [3.63, 3.8) is 0 Å². The average molecular weight is 305 g/mol. The Kier molecular flexibility index (Phi) is 5.20. The third-order valence-corrected chi connectivity index (χ3v) is 4.37. The topological polar surface area (TPSA) is 27.7 Å². The molecule has 0 N–H and O–H groups in total. The van der Waals surface area contributed by atoms with Crippen LogP contribution in [0, 0.1) is 5.92 Å². The predicted octanol–water partition coefficient (Wildman–Crippen LogP) is 4.06. The van der Waals surface area contributed by atoms with Gasteiger partial charge in [0.25, 0.3) is 0 Å². The van der Waals surface area contributed by atoms with E-state index in [4.69, 9.17) is 37.4 Å². The van der Waals surface area contributed by atoms with Gasteiger partial charge in [-0.05, 0) is 18.9 Å². The molecular formula is C14H18Cl2O3. The lowest BCUT2D eigenvalue weighted by Gasteiger charge is -2.27. The fourth-order valence-corrected chi connectivity index (χ4v) is 3.08. The van der Waals surface area contributed by atoms with Crippen LogP contribution in [-0.4, -0.2) is 27.4 Å². The lowest BCUT2D eigenvalue weighted by molar-refractivity contribution is 0.0529. The van der Waals surface area contributed by atoms with Crippen LogP contribution in [0.2, 0.25) is 5.02 Å². The minimum atomic E-state index is -0.168. The maximum Gasteiger partial charge on any atom is 0.145 e. The first-order valence-corrected chi connectivity index (χ1v) is 7.12. The SMILES string of the molecule is COc1ccc(C(Cl)C2CCCOC2)c(OC)c1Cl. The van der Waals surface area contributed by atoms with Gasteiger partial charge >= 0.3 is 0 Å². The highest BCUT2D eigenvalue weighted by Gasteiger charge is 2.27. The van der Waals surface area contributed by atoms with E-state index in [1.807, 2.05) is 12.1 Å². The van der Waals surface area contributed by atoms with Gasteiger partial charge in [0.05, 0.1) is 26.2 Å². The summed E-state index contributed by atoms with van der Waals surface area (Å²) in [6, 6.07) is 3.73. The van der Waals surface area contributed by atoms with Crippen LogP contribution in [0.15, 0.2) is 12.1 Å². The summed E-state index contributed by atoms with van der Waals surface area (Å²) in [4.78, 5) is 0. The van der Waals surface area contributed by atoms with Crippen molar-refractivity contribution in [3.8, 4) is 11.5 Å². The van der Waals surface area contributed by atoms with E-state index in [1.54, 1.807) is 14.2 Å². The first kappa shape index (κ1) is 14.8. The highest BCUT2D eigenvalue weighted by molar-refractivity contribution is 6.34. The summed E-state index contributed by atoms with van der Waals surface area (Å²) in [6.45, 7) is 1.50. The number of halogens is 2. The van der Waals surface area contributed by atoms with Crippen molar-refractivity contribution < 1.29 is 14.2 Å². The third kappa shape index (κ3) is 3.10. The molecule has 1 aromatic carbocycles. The Labute approximate surface area is 123 Å².